The predicted molar refractivity (Wildman–Crippen MR) is 90.0 cm³/mol. The summed E-state index contributed by atoms with van der Waals surface area (Å²) >= 11 is 0. The van der Waals surface area contributed by atoms with Gasteiger partial charge in [-0.2, -0.15) is 0 Å². The Morgan fingerprint density at radius 1 is 1.22 bits per heavy atom. The second-order valence-electron chi connectivity index (χ2n) is 6.40. The standard InChI is InChI=1S/C19H25NO3/c1-14-6-7-16(15(2)13-14)8-9-18(21)20-10-4-3-5-17(20)19-22-11-12-23-19/h6-9,13,17,19H,3-5,10-12H2,1-2H3/b9-8+. The molecule has 0 aromatic heterocycles. The number of hydrogen-bond donors (Lipinski definition) is 0. The van der Waals surface area contributed by atoms with Crippen LogP contribution >= 0.6 is 0 Å². The molecule has 2 fully saturated rings. The van der Waals surface area contributed by atoms with Gasteiger partial charge in [-0.05, 0) is 50.3 Å². The molecule has 1 amide bonds. The van der Waals surface area contributed by atoms with E-state index in [0.717, 1.165) is 31.4 Å². The van der Waals surface area contributed by atoms with Crippen molar-refractivity contribution in [2.75, 3.05) is 19.8 Å². The summed E-state index contributed by atoms with van der Waals surface area (Å²) in [6.07, 6.45) is 6.47. The van der Waals surface area contributed by atoms with Gasteiger partial charge in [-0.25, -0.2) is 0 Å². The summed E-state index contributed by atoms with van der Waals surface area (Å²) < 4.78 is 11.3. The quantitative estimate of drug-likeness (QED) is 0.805. The number of nitrogens with zero attached hydrogens (tertiary/aromatic N) is 1. The van der Waals surface area contributed by atoms with E-state index in [1.165, 1.54) is 11.1 Å². The zero-order chi connectivity index (χ0) is 16.2. The molecule has 2 heterocycles. The van der Waals surface area contributed by atoms with Crippen LogP contribution in [0.15, 0.2) is 24.3 Å². The number of benzene rings is 1. The smallest absolute Gasteiger partial charge is 0.246 e. The lowest BCUT2D eigenvalue weighted by atomic mass is 10.0. The summed E-state index contributed by atoms with van der Waals surface area (Å²) in [5, 5.41) is 0. The van der Waals surface area contributed by atoms with E-state index in [0.29, 0.717) is 13.2 Å². The summed E-state index contributed by atoms with van der Waals surface area (Å²) in [5.74, 6) is 0.0498. The van der Waals surface area contributed by atoms with Crippen LogP contribution in [0.5, 0.6) is 0 Å². The molecule has 0 bridgehead atoms. The van der Waals surface area contributed by atoms with E-state index in [1.54, 1.807) is 6.08 Å². The van der Waals surface area contributed by atoms with Crippen molar-refractivity contribution in [1.29, 1.82) is 0 Å². The van der Waals surface area contributed by atoms with Crippen molar-refractivity contribution < 1.29 is 14.3 Å². The number of amides is 1. The minimum atomic E-state index is -0.256. The Kier molecular flexibility index (Phi) is 5.13. The van der Waals surface area contributed by atoms with Crippen molar-refractivity contribution >= 4 is 12.0 Å². The van der Waals surface area contributed by atoms with Crippen molar-refractivity contribution in [3.05, 3.63) is 41.0 Å². The molecule has 0 spiro atoms. The van der Waals surface area contributed by atoms with E-state index in [4.69, 9.17) is 9.47 Å². The highest BCUT2D eigenvalue weighted by Crippen LogP contribution is 2.25. The summed E-state index contributed by atoms with van der Waals surface area (Å²) in [6.45, 7) is 6.18. The summed E-state index contributed by atoms with van der Waals surface area (Å²) in [6, 6.07) is 6.31. The number of ether oxygens (including phenoxy) is 2. The normalized spacial score (nSPS) is 22.9. The molecule has 0 saturated carbocycles. The van der Waals surface area contributed by atoms with Crippen molar-refractivity contribution in [3.8, 4) is 0 Å². The van der Waals surface area contributed by atoms with E-state index < -0.39 is 0 Å². The van der Waals surface area contributed by atoms with Crippen molar-refractivity contribution in [2.45, 2.75) is 45.4 Å². The SMILES string of the molecule is Cc1ccc(/C=C/C(=O)N2CCCCC2C2OCCO2)c(C)c1. The Morgan fingerprint density at radius 3 is 2.74 bits per heavy atom. The first-order chi connectivity index (χ1) is 11.1. The maximum atomic E-state index is 12.6. The number of likely N-dealkylation sites (tertiary alicyclic amines) is 1. The van der Waals surface area contributed by atoms with Gasteiger partial charge in [0.25, 0.3) is 0 Å². The minimum Gasteiger partial charge on any atom is -0.348 e. The van der Waals surface area contributed by atoms with Crippen LogP contribution in [0.4, 0.5) is 0 Å². The molecule has 1 unspecified atom stereocenters. The van der Waals surface area contributed by atoms with E-state index in [9.17, 15) is 4.79 Å². The van der Waals surface area contributed by atoms with Gasteiger partial charge in [0.2, 0.25) is 5.91 Å². The van der Waals surface area contributed by atoms with E-state index in [2.05, 4.69) is 32.0 Å². The number of rotatable bonds is 3. The summed E-state index contributed by atoms with van der Waals surface area (Å²) in [4.78, 5) is 14.6. The fraction of sp³-hybridized carbons (Fsp3) is 0.526. The first-order valence-electron chi connectivity index (χ1n) is 8.44. The highest BCUT2D eigenvalue weighted by molar-refractivity contribution is 5.92. The second kappa shape index (κ2) is 7.28. The monoisotopic (exact) mass is 315 g/mol. The van der Waals surface area contributed by atoms with Gasteiger partial charge in [0.15, 0.2) is 6.29 Å². The second-order valence-corrected chi connectivity index (χ2v) is 6.40. The van der Waals surface area contributed by atoms with Gasteiger partial charge in [0.05, 0.1) is 19.3 Å². The Hall–Kier alpha value is -1.65. The Morgan fingerprint density at radius 2 is 2.00 bits per heavy atom. The van der Waals surface area contributed by atoms with Crippen LogP contribution in [0.1, 0.15) is 36.0 Å². The first-order valence-corrected chi connectivity index (χ1v) is 8.44. The van der Waals surface area contributed by atoms with E-state index in [-0.39, 0.29) is 18.2 Å². The third-order valence-corrected chi connectivity index (χ3v) is 4.62. The number of hydrogen-bond acceptors (Lipinski definition) is 3. The summed E-state index contributed by atoms with van der Waals surface area (Å²) in [5.41, 5.74) is 3.51. The average Bonchev–Trinajstić information content (AvgIpc) is 3.08. The van der Waals surface area contributed by atoms with Crippen LogP contribution < -0.4 is 0 Å². The van der Waals surface area contributed by atoms with Gasteiger partial charge in [0.1, 0.15) is 0 Å². The third-order valence-electron chi connectivity index (χ3n) is 4.62. The first kappa shape index (κ1) is 16.2. The lowest BCUT2D eigenvalue weighted by Gasteiger charge is -2.37. The molecule has 1 atom stereocenters. The maximum Gasteiger partial charge on any atom is 0.246 e. The van der Waals surface area contributed by atoms with Gasteiger partial charge in [-0.1, -0.05) is 23.8 Å². The van der Waals surface area contributed by atoms with Crippen LogP contribution in [-0.4, -0.2) is 42.9 Å². The highest BCUT2D eigenvalue weighted by Gasteiger charge is 2.35. The number of piperidine rings is 1. The van der Waals surface area contributed by atoms with Gasteiger partial charge in [0, 0.05) is 12.6 Å². The van der Waals surface area contributed by atoms with Crippen molar-refractivity contribution in [3.63, 3.8) is 0 Å². The predicted octanol–water partition coefficient (Wildman–Crippen LogP) is 3.07. The fourth-order valence-corrected chi connectivity index (χ4v) is 3.38. The third kappa shape index (κ3) is 3.82. The van der Waals surface area contributed by atoms with Gasteiger partial charge in [-0.3, -0.25) is 4.79 Å². The molecular weight excluding hydrogens is 290 g/mol. The number of aryl methyl sites for hydroxylation is 2. The molecule has 2 aliphatic rings. The molecule has 3 rings (SSSR count). The zero-order valence-corrected chi connectivity index (χ0v) is 14.0. The van der Waals surface area contributed by atoms with Crippen molar-refractivity contribution in [2.24, 2.45) is 0 Å². The van der Waals surface area contributed by atoms with Crippen LogP contribution in [0.25, 0.3) is 6.08 Å². The topological polar surface area (TPSA) is 38.8 Å². The van der Waals surface area contributed by atoms with E-state index in [1.807, 2.05) is 11.0 Å². The molecule has 4 heteroatoms. The Balaban J connectivity index is 1.71. The molecule has 0 radical (unpaired) electrons. The molecule has 0 N–H and O–H groups in total. The van der Waals surface area contributed by atoms with Crippen LogP contribution in [0, 0.1) is 13.8 Å². The maximum absolute atomic E-state index is 12.6. The number of carbonyl (C=O) groups excluding carboxylic acids is 1. The highest BCUT2D eigenvalue weighted by atomic mass is 16.7. The lowest BCUT2D eigenvalue weighted by Crippen LogP contribution is -2.49. The van der Waals surface area contributed by atoms with Crippen LogP contribution in [0.3, 0.4) is 0 Å². The zero-order valence-electron chi connectivity index (χ0n) is 14.0. The molecule has 2 saturated heterocycles. The van der Waals surface area contributed by atoms with Gasteiger partial charge < -0.3 is 14.4 Å². The lowest BCUT2D eigenvalue weighted by molar-refractivity contribution is -0.145. The Labute approximate surface area is 138 Å². The fourth-order valence-electron chi connectivity index (χ4n) is 3.38. The van der Waals surface area contributed by atoms with Gasteiger partial charge in [-0.15, -0.1) is 0 Å². The van der Waals surface area contributed by atoms with E-state index >= 15 is 0 Å². The molecule has 4 nitrogen and oxygen atoms in total. The van der Waals surface area contributed by atoms with Crippen LogP contribution in [0.2, 0.25) is 0 Å². The summed E-state index contributed by atoms with van der Waals surface area (Å²) in [7, 11) is 0. The molecular formula is C19H25NO3. The molecule has 124 valence electrons. The average molecular weight is 315 g/mol. The van der Waals surface area contributed by atoms with Crippen molar-refractivity contribution in [1.82, 2.24) is 4.90 Å². The Bertz CT molecular complexity index is 590. The number of carbonyl (C=O) groups is 1. The molecule has 0 aliphatic carbocycles. The van der Waals surface area contributed by atoms with Gasteiger partial charge >= 0.3 is 0 Å². The largest absolute Gasteiger partial charge is 0.348 e. The minimum absolute atomic E-state index is 0.0440. The molecule has 2 aliphatic heterocycles. The van der Waals surface area contributed by atoms with Crippen LogP contribution in [-0.2, 0) is 14.3 Å². The molecule has 1 aromatic rings. The molecule has 1 aromatic carbocycles. The molecule has 23 heavy (non-hydrogen) atoms.